The average Bonchev–Trinajstić information content (AvgIpc) is 2.61. The van der Waals surface area contributed by atoms with Crippen LogP contribution in [0.25, 0.3) is 0 Å². The van der Waals surface area contributed by atoms with Crippen LogP contribution < -0.4 is 10.5 Å². The zero-order valence-corrected chi connectivity index (χ0v) is 12.1. The molecule has 17 heavy (non-hydrogen) atoms. The molecule has 1 rings (SSSR count). The highest BCUT2D eigenvalue weighted by Gasteiger charge is 2.28. The quantitative estimate of drug-likeness (QED) is 0.721. The molecule has 1 fully saturated rings. The Morgan fingerprint density at radius 3 is 2.59 bits per heavy atom. The van der Waals surface area contributed by atoms with E-state index in [1.54, 1.807) is 6.92 Å². The van der Waals surface area contributed by atoms with Crippen LogP contribution in [0, 0.1) is 11.8 Å². The molecule has 3 atom stereocenters. The van der Waals surface area contributed by atoms with E-state index in [1.165, 1.54) is 6.42 Å². The zero-order chi connectivity index (χ0) is 13.1. The minimum atomic E-state index is -3.39. The van der Waals surface area contributed by atoms with Gasteiger partial charge in [0.05, 0.1) is 4.99 Å². The first kappa shape index (κ1) is 14.9. The van der Waals surface area contributed by atoms with Gasteiger partial charge in [-0.05, 0) is 31.1 Å². The van der Waals surface area contributed by atoms with E-state index in [-0.39, 0.29) is 4.99 Å². The van der Waals surface area contributed by atoms with Crippen molar-refractivity contribution < 1.29 is 8.42 Å². The van der Waals surface area contributed by atoms with E-state index in [0.717, 1.165) is 12.8 Å². The Bertz CT molecular complexity index is 368. The number of thiocarbonyl (C=S) groups is 1. The number of nitrogens with one attached hydrogen (secondary N) is 1. The summed E-state index contributed by atoms with van der Waals surface area (Å²) in [5, 5.41) is -0.740. The van der Waals surface area contributed by atoms with Gasteiger partial charge < -0.3 is 5.73 Å². The highest BCUT2D eigenvalue weighted by atomic mass is 32.2. The number of sulfonamides is 1. The van der Waals surface area contributed by atoms with Crippen molar-refractivity contribution in [1.29, 1.82) is 0 Å². The normalized spacial score (nSPS) is 26.9. The van der Waals surface area contributed by atoms with Gasteiger partial charge in [0.15, 0.2) is 0 Å². The van der Waals surface area contributed by atoms with Gasteiger partial charge in [0.25, 0.3) is 0 Å². The Hall–Kier alpha value is -0.200. The van der Waals surface area contributed by atoms with Crippen molar-refractivity contribution in [3.8, 4) is 0 Å². The maximum atomic E-state index is 12.0. The third-order valence-corrected chi connectivity index (χ3v) is 5.78. The summed E-state index contributed by atoms with van der Waals surface area (Å²) in [5.41, 5.74) is 5.45. The molecule has 0 aromatic heterocycles. The highest BCUT2D eigenvalue weighted by Crippen LogP contribution is 2.29. The maximum absolute atomic E-state index is 12.0. The van der Waals surface area contributed by atoms with E-state index >= 15 is 0 Å². The van der Waals surface area contributed by atoms with Crippen LogP contribution in [0.5, 0.6) is 0 Å². The SMILES string of the molecule is CCC(C(N)=S)S(=O)(=O)NCC1CCC(C)C1. The summed E-state index contributed by atoms with van der Waals surface area (Å²) >= 11 is 4.79. The van der Waals surface area contributed by atoms with Gasteiger partial charge in [0.1, 0.15) is 5.25 Å². The Balaban J connectivity index is 2.52. The molecule has 100 valence electrons. The first-order valence-corrected chi connectivity index (χ1v) is 8.10. The first-order valence-electron chi connectivity index (χ1n) is 6.14. The van der Waals surface area contributed by atoms with Crippen LogP contribution in [0.4, 0.5) is 0 Å². The van der Waals surface area contributed by atoms with Gasteiger partial charge in [-0.25, -0.2) is 13.1 Å². The molecule has 1 aliphatic rings. The van der Waals surface area contributed by atoms with Crippen molar-refractivity contribution >= 4 is 27.2 Å². The Morgan fingerprint density at radius 1 is 1.53 bits per heavy atom. The summed E-state index contributed by atoms with van der Waals surface area (Å²) in [6.45, 7) is 4.50. The highest BCUT2D eigenvalue weighted by molar-refractivity contribution is 7.93. The van der Waals surface area contributed by atoms with Crippen LogP contribution >= 0.6 is 12.2 Å². The average molecular weight is 278 g/mol. The topological polar surface area (TPSA) is 72.2 Å². The van der Waals surface area contributed by atoms with E-state index in [0.29, 0.717) is 24.8 Å². The van der Waals surface area contributed by atoms with E-state index in [2.05, 4.69) is 11.6 Å². The molecular formula is C11H22N2O2S2. The number of hydrogen-bond acceptors (Lipinski definition) is 3. The molecule has 0 bridgehead atoms. The van der Waals surface area contributed by atoms with Gasteiger partial charge in [-0.2, -0.15) is 0 Å². The lowest BCUT2D eigenvalue weighted by Gasteiger charge is -2.17. The molecule has 6 heteroatoms. The largest absolute Gasteiger partial charge is 0.392 e. The second-order valence-corrected chi connectivity index (χ2v) is 7.40. The lowest BCUT2D eigenvalue weighted by molar-refractivity contribution is 0.496. The molecule has 1 aliphatic carbocycles. The van der Waals surface area contributed by atoms with Crippen molar-refractivity contribution in [3.63, 3.8) is 0 Å². The second kappa shape index (κ2) is 6.11. The van der Waals surface area contributed by atoms with E-state index in [4.69, 9.17) is 18.0 Å². The van der Waals surface area contributed by atoms with E-state index in [1.807, 2.05) is 0 Å². The van der Waals surface area contributed by atoms with Crippen LogP contribution in [0.2, 0.25) is 0 Å². The fraction of sp³-hybridized carbons (Fsp3) is 0.909. The molecular weight excluding hydrogens is 256 g/mol. The van der Waals surface area contributed by atoms with Crippen molar-refractivity contribution in [2.45, 2.75) is 44.8 Å². The molecule has 4 nitrogen and oxygen atoms in total. The molecule has 0 heterocycles. The van der Waals surface area contributed by atoms with E-state index in [9.17, 15) is 8.42 Å². The van der Waals surface area contributed by atoms with E-state index < -0.39 is 15.3 Å². The minimum Gasteiger partial charge on any atom is -0.392 e. The maximum Gasteiger partial charge on any atom is 0.221 e. The predicted molar refractivity (Wildman–Crippen MR) is 74.3 cm³/mol. The monoisotopic (exact) mass is 278 g/mol. The molecule has 0 spiro atoms. The summed E-state index contributed by atoms with van der Waals surface area (Å²) in [7, 11) is -3.39. The Morgan fingerprint density at radius 2 is 2.18 bits per heavy atom. The Kier molecular flexibility index (Phi) is 5.34. The molecule has 0 amide bonds. The molecule has 1 saturated carbocycles. The number of hydrogen-bond donors (Lipinski definition) is 2. The molecule has 3 unspecified atom stereocenters. The van der Waals surface area contributed by atoms with Crippen LogP contribution in [0.3, 0.4) is 0 Å². The molecule has 0 saturated heterocycles. The number of nitrogens with two attached hydrogens (primary N) is 1. The van der Waals surface area contributed by atoms with Crippen LogP contribution in [0.1, 0.15) is 39.5 Å². The van der Waals surface area contributed by atoms with Crippen molar-refractivity contribution in [3.05, 3.63) is 0 Å². The van der Waals surface area contributed by atoms with Crippen molar-refractivity contribution in [2.24, 2.45) is 17.6 Å². The standard InChI is InChI=1S/C11H22N2O2S2/c1-3-10(11(12)16)17(14,15)13-7-9-5-4-8(2)6-9/h8-10,13H,3-7H2,1-2H3,(H2,12,16). The number of rotatable bonds is 6. The summed E-state index contributed by atoms with van der Waals surface area (Å²) in [5.74, 6) is 1.17. The predicted octanol–water partition coefficient (Wildman–Crippen LogP) is 1.41. The summed E-state index contributed by atoms with van der Waals surface area (Å²) in [6.07, 6.45) is 3.82. The van der Waals surface area contributed by atoms with Gasteiger partial charge in [-0.15, -0.1) is 0 Å². The molecule has 0 aliphatic heterocycles. The first-order chi connectivity index (χ1) is 7.86. The molecule has 3 N–H and O–H groups in total. The van der Waals surface area contributed by atoms with Gasteiger partial charge in [0, 0.05) is 6.54 Å². The molecule has 0 aromatic carbocycles. The second-order valence-electron chi connectivity index (χ2n) is 4.98. The van der Waals surface area contributed by atoms with Gasteiger partial charge >= 0.3 is 0 Å². The van der Waals surface area contributed by atoms with Gasteiger partial charge in [0.2, 0.25) is 10.0 Å². The lowest BCUT2D eigenvalue weighted by atomic mass is 10.1. The van der Waals surface area contributed by atoms with Crippen LogP contribution in [0.15, 0.2) is 0 Å². The zero-order valence-electron chi connectivity index (χ0n) is 10.5. The van der Waals surface area contributed by atoms with Gasteiger partial charge in [-0.1, -0.05) is 32.5 Å². The Labute approximate surface area is 109 Å². The fourth-order valence-electron chi connectivity index (χ4n) is 2.42. The smallest absolute Gasteiger partial charge is 0.221 e. The van der Waals surface area contributed by atoms with Crippen molar-refractivity contribution in [2.75, 3.05) is 6.54 Å². The fourth-order valence-corrected chi connectivity index (χ4v) is 4.38. The third kappa shape index (κ3) is 4.19. The van der Waals surface area contributed by atoms with Crippen LogP contribution in [-0.2, 0) is 10.0 Å². The third-order valence-electron chi connectivity index (χ3n) is 3.44. The summed E-state index contributed by atoms with van der Waals surface area (Å²) in [4.78, 5) is 0.0554. The van der Waals surface area contributed by atoms with Crippen LogP contribution in [-0.4, -0.2) is 25.2 Å². The van der Waals surface area contributed by atoms with Gasteiger partial charge in [-0.3, -0.25) is 0 Å². The minimum absolute atomic E-state index is 0.0554. The molecule has 0 radical (unpaired) electrons. The van der Waals surface area contributed by atoms with Crippen molar-refractivity contribution in [1.82, 2.24) is 4.72 Å². The molecule has 0 aromatic rings. The summed E-state index contributed by atoms with van der Waals surface area (Å²) in [6, 6.07) is 0. The lowest BCUT2D eigenvalue weighted by Crippen LogP contribution is -2.43. The summed E-state index contributed by atoms with van der Waals surface area (Å²) < 4.78 is 26.6.